The van der Waals surface area contributed by atoms with Crippen LogP contribution in [-0.2, 0) is 9.59 Å². The summed E-state index contributed by atoms with van der Waals surface area (Å²) < 4.78 is 11.0. The predicted molar refractivity (Wildman–Crippen MR) is 91.8 cm³/mol. The molecular weight excluding hydrogens is 314 g/mol. The third-order valence-electron chi connectivity index (χ3n) is 3.23. The van der Waals surface area contributed by atoms with Crippen LogP contribution >= 0.6 is 11.8 Å². The Hall–Kier alpha value is -1.95. The molecular formula is C17H21NO4S. The SMILES string of the molecule is COc1cc(C=CC(=O)NC2CCSC2=O)ccc1OC(C)C. The molecule has 1 amide bonds. The highest BCUT2D eigenvalue weighted by Crippen LogP contribution is 2.29. The van der Waals surface area contributed by atoms with Crippen LogP contribution in [0.2, 0.25) is 0 Å². The molecule has 1 saturated heterocycles. The first-order valence-electron chi connectivity index (χ1n) is 7.49. The highest BCUT2D eigenvalue weighted by Gasteiger charge is 2.25. The van der Waals surface area contributed by atoms with Crippen molar-refractivity contribution in [1.82, 2.24) is 5.32 Å². The molecule has 1 aliphatic heterocycles. The minimum atomic E-state index is -0.367. The van der Waals surface area contributed by atoms with Crippen LogP contribution in [0.1, 0.15) is 25.8 Å². The summed E-state index contributed by atoms with van der Waals surface area (Å²) in [6.45, 7) is 3.89. The van der Waals surface area contributed by atoms with E-state index in [-0.39, 0.29) is 23.2 Å². The molecule has 1 atom stereocenters. The van der Waals surface area contributed by atoms with Gasteiger partial charge in [-0.05, 0) is 44.0 Å². The minimum absolute atomic E-state index is 0.0311. The summed E-state index contributed by atoms with van der Waals surface area (Å²) >= 11 is 1.26. The monoisotopic (exact) mass is 335 g/mol. The van der Waals surface area contributed by atoms with E-state index in [4.69, 9.17) is 9.47 Å². The average molecular weight is 335 g/mol. The standard InChI is InChI=1S/C17H21NO4S/c1-11(2)22-14-6-4-12(10-15(14)21-3)5-7-16(19)18-13-8-9-23-17(13)20/h4-7,10-11,13H,8-9H2,1-3H3,(H,18,19). The van der Waals surface area contributed by atoms with E-state index in [9.17, 15) is 9.59 Å². The van der Waals surface area contributed by atoms with Crippen LogP contribution in [0.15, 0.2) is 24.3 Å². The smallest absolute Gasteiger partial charge is 0.244 e. The van der Waals surface area contributed by atoms with Crippen molar-refractivity contribution in [2.24, 2.45) is 0 Å². The number of ether oxygens (including phenoxy) is 2. The summed E-state index contributed by atoms with van der Waals surface area (Å²) in [6, 6.07) is 5.10. The van der Waals surface area contributed by atoms with Crippen LogP contribution in [0.3, 0.4) is 0 Å². The van der Waals surface area contributed by atoms with Gasteiger partial charge < -0.3 is 14.8 Å². The minimum Gasteiger partial charge on any atom is -0.493 e. The van der Waals surface area contributed by atoms with Gasteiger partial charge in [0.05, 0.1) is 19.3 Å². The second-order valence-corrected chi connectivity index (χ2v) is 6.53. The van der Waals surface area contributed by atoms with Gasteiger partial charge in [0, 0.05) is 11.8 Å². The maximum atomic E-state index is 11.9. The van der Waals surface area contributed by atoms with E-state index in [1.165, 1.54) is 17.8 Å². The predicted octanol–water partition coefficient (Wildman–Crippen LogP) is 2.64. The lowest BCUT2D eigenvalue weighted by molar-refractivity contribution is -0.120. The van der Waals surface area contributed by atoms with E-state index in [1.54, 1.807) is 19.3 Å². The molecule has 1 aliphatic rings. The van der Waals surface area contributed by atoms with Gasteiger partial charge >= 0.3 is 0 Å². The molecule has 124 valence electrons. The molecule has 0 radical (unpaired) electrons. The Balaban J connectivity index is 2.01. The number of nitrogens with one attached hydrogen (secondary N) is 1. The largest absolute Gasteiger partial charge is 0.493 e. The summed E-state index contributed by atoms with van der Waals surface area (Å²) in [6.07, 6.45) is 3.85. The van der Waals surface area contributed by atoms with E-state index in [1.807, 2.05) is 26.0 Å². The van der Waals surface area contributed by atoms with Crippen molar-refractivity contribution < 1.29 is 19.1 Å². The Morgan fingerprint density at radius 1 is 1.39 bits per heavy atom. The van der Waals surface area contributed by atoms with Crippen LogP contribution in [0.4, 0.5) is 0 Å². The molecule has 1 unspecified atom stereocenters. The summed E-state index contributed by atoms with van der Waals surface area (Å²) in [4.78, 5) is 23.4. The maximum absolute atomic E-state index is 11.9. The van der Waals surface area contributed by atoms with Gasteiger partial charge in [-0.3, -0.25) is 9.59 Å². The van der Waals surface area contributed by atoms with Crippen molar-refractivity contribution >= 4 is 28.9 Å². The van der Waals surface area contributed by atoms with Crippen LogP contribution < -0.4 is 14.8 Å². The first-order valence-corrected chi connectivity index (χ1v) is 8.48. The highest BCUT2D eigenvalue weighted by molar-refractivity contribution is 8.14. The number of hydrogen-bond donors (Lipinski definition) is 1. The van der Waals surface area contributed by atoms with E-state index in [0.29, 0.717) is 17.9 Å². The van der Waals surface area contributed by atoms with Crippen LogP contribution in [0.25, 0.3) is 6.08 Å². The topological polar surface area (TPSA) is 64.6 Å². The summed E-state index contributed by atoms with van der Waals surface area (Å²) in [5.41, 5.74) is 0.820. The first kappa shape index (κ1) is 17.4. The molecule has 1 N–H and O–H groups in total. The normalized spacial score (nSPS) is 17.7. The fraction of sp³-hybridized carbons (Fsp3) is 0.412. The summed E-state index contributed by atoms with van der Waals surface area (Å²) in [7, 11) is 1.58. The molecule has 0 aliphatic carbocycles. The van der Waals surface area contributed by atoms with E-state index < -0.39 is 0 Å². The number of carbonyl (C=O) groups excluding carboxylic acids is 2. The maximum Gasteiger partial charge on any atom is 0.244 e. The lowest BCUT2D eigenvalue weighted by Gasteiger charge is -2.13. The average Bonchev–Trinajstić information content (AvgIpc) is 2.91. The fourth-order valence-corrected chi connectivity index (χ4v) is 3.09. The molecule has 0 spiro atoms. The van der Waals surface area contributed by atoms with Gasteiger partial charge in [-0.1, -0.05) is 17.8 Å². The van der Waals surface area contributed by atoms with Gasteiger partial charge in [0.2, 0.25) is 11.0 Å². The van der Waals surface area contributed by atoms with Crippen LogP contribution in [-0.4, -0.2) is 36.0 Å². The lowest BCUT2D eigenvalue weighted by atomic mass is 10.1. The van der Waals surface area contributed by atoms with E-state index >= 15 is 0 Å². The quantitative estimate of drug-likeness (QED) is 0.810. The summed E-state index contributed by atoms with van der Waals surface area (Å²) in [5.74, 6) is 1.77. The van der Waals surface area contributed by atoms with Gasteiger partial charge in [-0.2, -0.15) is 0 Å². The molecule has 1 fully saturated rings. The van der Waals surface area contributed by atoms with Crippen molar-refractivity contribution in [3.63, 3.8) is 0 Å². The van der Waals surface area contributed by atoms with Crippen LogP contribution in [0.5, 0.6) is 11.5 Å². The zero-order chi connectivity index (χ0) is 16.8. The van der Waals surface area contributed by atoms with Crippen molar-refractivity contribution in [2.75, 3.05) is 12.9 Å². The molecule has 0 bridgehead atoms. The van der Waals surface area contributed by atoms with Gasteiger partial charge in [-0.25, -0.2) is 0 Å². The second kappa shape index (κ2) is 8.06. The van der Waals surface area contributed by atoms with Crippen molar-refractivity contribution in [2.45, 2.75) is 32.4 Å². The Morgan fingerprint density at radius 2 is 2.17 bits per heavy atom. The number of rotatable bonds is 6. The van der Waals surface area contributed by atoms with Gasteiger partial charge in [0.25, 0.3) is 0 Å². The third kappa shape index (κ3) is 5.03. The van der Waals surface area contributed by atoms with Gasteiger partial charge in [0.15, 0.2) is 11.5 Å². The van der Waals surface area contributed by atoms with E-state index in [2.05, 4.69) is 5.32 Å². The molecule has 0 aromatic heterocycles. The molecule has 23 heavy (non-hydrogen) atoms. The first-order chi connectivity index (χ1) is 11.0. The highest BCUT2D eigenvalue weighted by atomic mass is 32.2. The second-order valence-electron chi connectivity index (χ2n) is 5.43. The number of methoxy groups -OCH3 is 1. The zero-order valence-electron chi connectivity index (χ0n) is 13.5. The molecule has 1 aromatic carbocycles. The number of amides is 1. The van der Waals surface area contributed by atoms with Gasteiger partial charge in [-0.15, -0.1) is 0 Å². The van der Waals surface area contributed by atoms with Crippen molar-refractivity contribution in [3.8, 4) is 11.5 Å². The van der Waals surface area contributed by atoms with Crippen LogP contribution in [0, 0.1) is 0 Å². The number of thioether (sulfide) groups is 1. The third-order valence-corrected chi connectivity index (χ3v) is 4.24. The Bertz CT molecular complexity index is 613. The van der Waals surface area contributed by atoms with E-state index in [0.717, 1.165) is 11.3 Å². The van der Waals surface area contributed by atoms with Gasteiger partial charge in [0.1, 0.15) is 0 Å². The van der Waals surface area contributed by atoms with Crippen molar-refractivity contribution in [3.05, 3.63) is 29.8 Å². The fourth-order valence-electron chi connectivity index (χ4n) is 2.16. The summed E-state index contributed by atoms with van der Waals surface area (Å²) in [5, 5.41) is 2.74. The Morgan fingerprint density at radius 3 is 2.78 bits per heavy atom. The number of benzene rings is 1. The molecule has 2 rings (SSSR count). The Kier molecular flexibility index (Phi) is 6.10. The number of carbonyl (C=O) groups is 2. The zero-order valence-corrected chi connectivity index (χ0v) is 14.3. The molecule has 1 heterocycles. The molecule has 0 saturated carbocycles. The Labute approximate surface area is 140 Å². The lowest BCUT2D eigenvalue weighted by Crippen LogP contribution is -2.35. The number of hydrogen-bond acceptors (Lipinski definition) is 5. The molecule has 6 heteroatoms. The van der Waals surface area contributed by atoms with Crippen molar-refractivity contribution in [1.29, 1.82) is 0 Å². The molecule has 5 nitrogen and oxygen atoms in total. The molecule has 1 aromatic rings.